The molecular weight excluding hydrogens is 276 g/mol. The van der Waals surface area contributed by atoms with Gasteiger partial charge in [0.25, 0.3) is 0 Å². The molecule has 1 atom stereocenters. The second-order valence-electron chi connectivity index (χ2n) is 4.71. The number of rotatable bonds is 6. The van der Waals surface area contributed by atoms with Crippen molar-refractivity contribution in [3.63, 3.8) is 0 Å². The molecule has 2 N–H and O–H groups in total. The summed E-state index contributed by atoms with van der Waals surface area (Å²) < 4.78 is 1.13. The average Bonchev–Trinajstić information content (AvgIpc) is 2.29. The summed E-state index contributed by atoms with van der Waals surface area (Å²) in [6.07, 6.45) is 2.15. The number of benzene rings is 1. The van der Waals surface area contributed by atoms with Crippen LogP contribution in [0.4, 0.5) is 5.69 Å². The molecule has 0 spiro atoms. The Morgan fingerprint density at radius 1 is 1.41 bits per heavy atom. The molecule has 1 aromatic carbocycles. The minimum atomic E-state index is 0.695. The monoisotopic (exact) mass is 298 g/mol. The van der Waals surface area contributed by atoms with Crippen LogP contribution in [0.1, 0.15) is 25.8 Å². The van der Waals surface area contributed by atoms with Crippen LogP contribution in [-0.2, 0) is 6.42 Å². The third-order valence-corrected chi connectivity index (χ3v) is 3.64. The Morgan fingerprint density at radius 3 is 2.71 bits per heavy atom. The molecule has 0 aliphatic carbocycles. The summed E-state index contributed by atoms with van der Waals surface area (Å²) in [6.45, 7) is 6.31. The first-order valence-electron chi connectivity index (χ1n) is 6.28. The molecule has 0 amide bonds. The van der Waals surface area contributed by atoms with Gasteiger partial charge in [0.05, 0.1) is 0 Å². The molecule has 3 heteroatoms. The summed E-state index contributed by atoms with van der Waals surface area (Å²) in [7, 11) is 2.16. The molecule has 0 radical (unpaired) electrons. The van der Waals surface area contributed by atoms with Gasteiger partial charge in [-0.3, -0.25) is 0 Å². The van der Waals surface area contributed by atoms with Gasteiger partial charge in [-0.15, -0.1) is 0 Å². The minimum absolute atomic E-state index is 0.695. The van der Waals surface area contributed by atoms with Crippen LogP contribution in [0, 0.1) is 5.92 Å². The topological polar surface area (TPSA) is 29.3 Å². The van der Waals surface area contributed by atoms with Crippen molar-refractivity contribution in [3.05, 3.63) is 28.2 Å². The fourth-order valence-electron chi connectivity index (χ4n) is 1.98. The molecule has 0 saturated carbocycles. The predicted molar refractivity (Wildman–Crippen MR) is 79.6 cm³/mol. The number of halogens is 1. The summed E-state index contributed by atoms with van der Waals surface area (Å²) in [5.74, 6) is 0.717. The van der Waals surface area contributed by atoms with E-state index in [2.05, 4.69) is 59.9 Å². The Kier molecular flexibility index (Phi) is 6.00. The largest absolute Gasteiger partial charge is 0.374 e. The fraction of sp³-hybridized carbons (Fsp3) is 0.571. The number of hydrogen-bond donors (Lipinski definition) is 1. The van der Waals surface area contributed by atoms with Crippen molar-refractivity contribution in [1.29, 1.82) is 0 Å². The van der Waals surface area contributed by atoms with Crippen LogP contribution in [0.5, 0.6) is 0 Å². The summed E-state index contributed by atoms with van der Waals surface area (Å²) in [5.41, 5.74) is 8.30. The van der Waals surface area contributed by atoms with E-state index in [4.69, 9.17) is 5.73 Å². The van der Waals surface area contributed by atoms with Crippen molar-refractivity contribution in [3.8, 4) is 0 Å². The van der Waals surface area contributed by atoms with Gasteiger partial charge in [-0.25, -0.2) is 0 Å². The lowest BCUT2D eigenvalue weighted by molar-refractivity contribution is 0.559. The third kappa shape index (κ3) is 4.32. The molecule has 0 aliphatic rings. The van der Waals surface area contributed by atoms with E-state index in [0.717, 1.165) is 23.4 Å². The van der Waals surface area contributed by atoms with Crippen molar-refractivity contribution in [2.45, 2.75) is 26.7 Å². The standard InChI is InChI=1S/C14H23BrN2/c1-4-11(2)10-17(3)14-6-5-13(15)9-12(14)7-8-16/h5-6,9,11H,4,7-8,10,16H2,1-3H3. The van der Waals surface area contributed by atoms with Crippen LogP contribution in [0.15, 0.2) is 22.7 Å². The second-order valence-corrected chi connectivity index (χ2v) is 5.62. The van der Waals surface area contributed by atoms with E-state index in [1.807, 2.05) is 0 Å². The molecule has 2 nitrogen and oxygen atoms in total. The van der Waals surface area contributed by atoms with E-state index in [9.17, 15) is 0 Å². The zero-order valence-corrected chi connectivity index (χ0v) is 12.6. The Labute approximate surface area is 113 Å². The number of nitrogens with two attached hydrogens (primary N) is 1. The summed E-state index contributed by atoms with van der Waals surface area (Å²) in [6, 6.07) is 6.45. The molecule has 17 heavy (non-hydrogen) atoms. The lowest BCUT2D eigenvalue weighted by Crippen LogP contribution is -2.25. The van der Waals surface area contributed by atoms with E-state index in [1.54, 1.807) is 0 Å². The third-order valence-electron chi connectivity index (χ3n) is 3.15. The number of anilines is 1. The molecular formula is C14H23BrN2. The molecule has 0 aromatic heterocycles. The van der Waals surface area contributed by atoms with Gasteiger partial charge in [0, 0.05) is 23.8 Å². The Bertz CT molecular complexity index is 352. The average molecular weight is 299 g/mol. The van der Waals surface area contributed by atoms with Gasteiger partial charge in [0.1, 0.15) is 0 Å². The maximum Gasteiger partial charge on any atom is 0.0397 e. The van der Waals surface area contributed by atoms with E-state index < -0.39 is 0 Å². The van der Waals surface area contributed by atoms with Crippen molar-refractivity contribution in [1.82, 2.24) is 0 Å². The molecule has 0 fully saturated rings. The lowest BCUT2D eigenvalue weighted by Gasteiger charge is -2.25. The van der Waals surface area contributed by atoms with Gasteiger partial charge in [-0.1, -0.05) is 36.2 Å². The predicted octanol–water partition coefficient (Wildman–Crippen LogP) is 3.43. The van der Waals surface area contributed by atoms with Gasteiger partial charge in [0.2, 0.25) is 0 Å². The molecule has 0 heterocycles. The highest BCUT2D eigenvalue weighted by Gasteiger charge is 2.10. The zero-order valence-electron chi connectivity index (χ0n) is 11.0. The van der Waals surface area contributed by atoms with Crippen LogP contribution in [0.3, 0.4) is 0 Å². The summed E-state index contributed by atoms with van der Waals surface area (Å²) in [4.78, 5) is 2.34. The quantitative estimate of drug-likeness (QED) is 0.872. The fourth-order valence-corrected chi connectivity index (χ4v) is 2.39. The molecule has 0 saturated heterocycles. The van der Waals surface area contributed by atoms with Crippen LogP contribution >= 0.6 is 15.9 Å². The van der Waals surface area contributed by atoms with Crippen LogP contribution in [0.2, 0.25) is 0 Å². The van der Waals surface area contributed by atoms with Gasteiger partial charge in [-0.05, 0) is 42.6 Å². The first-order valence-corrected chi connectivity index (χ1v) is 7.07. The van der Waals surface area contributed by atoms with Gasteiger partial charge < -0.3 is 10.6 Å². The maximum absolute atomic E-state index is 5.67. The Morgan fingerprint density at radius 2 is 2.12 bits per heavy atom. The smallest absolute Gasteiger partial charge is 0.0397 e. The van der Waals surface area contributed by atoms with Crippen molar-refractivity contribution >= 4 is 21.6 Å². The molecule has 1 rings (SSSR count). The minimum Gasteiger partial charge on any atom is -0.374 e. The van der Waals surface area contributed by atoms with E-state index in [1.165, 1.54) is 17.7 Å². The molecule has 1 unspecified atom stereocenters. The Hall–Kier alpha value is -0.540. The van der Waals surface area contributed by atoms with Crippen LogP contribution < -0.4 is 10.6 Å². The Balaban J connectivity index is 2.87. The van der Waals surface area contributed by atoms with Crippen molar-refractivity contribution in [2.75, 3.05) is 25.0 Å². The lowest BCUT2D eigenvalue weighted by atomic mass is 10.1. The van der Waals surface area contributed by atoms with Gasteiger partial charge in [-0.2, -0.15) is 0 Å². The first-order chi connectivity index (χ1) is 8.08. The summed E-state index contributed by atoms with van der Waals surface area (Å²) >= 11 is 3.52. The molecule has 0 bridgehead atoms. The van der Waals surface area contributed by atoms with Crippen LogP contribution in [-0.4, -0.2) is 20.1 Å². The number of hydrogen-bond acceptors (Lipinski definition) is 2. The maximum atomic E-state index is 5.67. The molecule has 1 aromatic rings. The molecule has 0 aliphatic heterocycles. The highest BCUT2D eigenvalue weighted by Crippen LogP contribution is 2.25. The van der Waals surface area contributed by atoms with Gasteiger partial charge >= 0.3 is 0 Å². The van der Waals surface area contributed by atoms with Gasteiger partial charge in [0.15, 0.2) is 0 Å². The SMILES string of the molecule is CCC(C)CN(C)c1ccc(Br)cc1CCN. The first kappa shape index (κ1) is 14.5. The summed E-state index contributed by atoms with van der Waals surface area (Å²) in [5, 5.41) is 0. The van der Waals surface area contributed by atoms with Crippen molar-refractivity contribution in [2.24, 2.45) is 11.7 Å². The van der Waals surface area contributed by atoms with E-state index in [0.29, 0.717) is 6.54 Å². The highest BCUT2D eigenvalue weighted by molar-refractivity contribution is 9.10. The second kappa shape index (κ2) is 7.02. The highest BCUT2D eigenvalue weighted by atomic mass is 79.9. The van der Waals surface area contributed by atoms with Crippen LogP contribution in [0.25, 0.3) is 0 Å². The van der Waals surface area contributed by atoms with E-state index in [-0.39, 0.29) is 0 Å². The van der Waals surface area contributed by atoms with Crippen molar-refractivity contribution < 1.29 is 0 Å². The zero-order chi connectivity index (χ0) is 12.8. The normalized spacial score (nSPS) is 12.5. The number of nitrogens with zero attached hydrogens (tertiary/aromatic N) is 1. The van der Waals surface area contributed by atoms with E-state index >= 15 is 0 Å². The molecule has 96 valence electrons.